The van der Waals surface area contributed by atoms with Gasteiger partial charge in [-0.3, -0.25) is 18.7 Å². The van der Waals surface area contributed by atoms with E-state index in [1.165, 1.54) is 14.1 Å². The topological polar surface area (TPSA) is 99.1 Å². The quantitative estimate of drug-likeness (QED) is 0.779. The van der Waals surface area contributed by atoms with Gasteiger partial charge in [0.25, 0.3) is 5.56 Å². The fourth-order valence-electron chi connectivity index (χ4n) is 2.33. The van der Waals surface area contributed by atoms with Gasteiger partial charge in [-0.2, -0.15) is 0 Å². The molecule has 1 atom stereocenters. The Morgan fingerprint density at radius 1 is 1.21 bits per heavy atom. The minimum Gasteiger partial charge on any atom is -0.384 e. The molecule has 2 rings (SSSR count). The fourth-order valence-corrected chi connectivity index (χ4v) is 2.45. The van der Waals surface area contributed by atoms with Crippen molar-refractivity contribution < 1.29 is 4.79 Å². The normalized spacial score (nSPS) is 12.2. The van der Waals surface area contributed by atoms with Gasteiger partial charge in [0.15, 0.2) is 5.78 Å². The summed E-state index contributed by atoms with van der Waals surface area (Å²) < 4.78 is 1.95. The van der Waals surface area contributed by atoms with E-state index in [1.807, 2.05) is 19.1 Å². The smallest absolute Gasteiger partial charge is 0.332 e. The van der Waals surface area contributed by atoms with Gasteiger partial charge in [-0.05, 0) is 24.6 Å². The Balaban J connectivity index is 2.21. The first-order chi connectivity index (χ1) is 11.2. The summed E-state index contributed by atoms with van der Waals surface area (Å²) in [6.45, 7) is 1.81. The van der Waals surface area contributed by atoms with Gasteiger partial charge in [0.1, 0.15) is 11.4 Å². The molecule has 24 heavy (non-hydrogen) atoms. The Morgan fingerprint density at radius 3 is 2.38 bits per heavy atom. The van der Waals surface area contributed by atoms with Crippen LogP contribution in [-0.4, -0.2) is 21.5 Å². The van der Waals surface area contributed by atoms with Crippen molar-refractivity contribution in [3.8, 4) is 0 Å². The van der Waals surface area contributed by atoms with E-state index >= 15 is 0 Å². The summed E-state index contributed by atoms with van der Waals surface area (Å²) in [5.74, 6) is -0.599. The predicted molar refractivity (Wildman–Crippen MR) is 93.5 cm³/mol. The van der Waals surface area contributed by atoms with E-state index in [4.69, 9.17) is 17.3 Å². The molecule has 0 aliphatic rings. The zero-order chi connectivity index (χ0) is 18.0. The highest BCUT2D eigenvalue weighted by Crippen LogP contribution is 2.16. The van der Waals surface area contributed by atoms with E-state index in [9.17, 15) is 14.4 Å². The lowest BCUT2D eigenvalue weighted by Gasteiger charge is -2.15. The van der Waals surface area contributed by atoms with E-state index in [-0.39, 0.29) is 24.0 Å². The molecule has 1 aromatic heterocycles. The molecule has 7 nitrogen and oxygen atoms in total. The third-order valence-electron chi connectivity index (χ3n) is 3.93. The predicted octanol–water partition coefficient (Wildman–Crippen LogP) is 0.853. The molecule has 1 aromatic carbocycles. The molecule has 2 aromatic rings. The van der Waals surface area contributed by atoms with E-state index < -0.39 is 17.0 Å². The number of ketones is 1. The number of hydrogen-bond acceptors (Lipinski definition) is 5. The van der Waals surface area contributed by atoms with Crippen molar-refractivity contribution in [2.45, 2.75) is 13.0 Å². The number of anilines is 1. The van der Waals surface area contributed by atoms with Crippen LogP contribution in [0.25, 0.3) is 0 Å². The first-order valence-electron chi connectivity index (χ1n) is 7.31. The molecule has 0 amide bonds. The van der Waals surface area contributed by atoms with Gasteiger partial charge < -0.3 is 11.1 Å². The number of benzene rings is 1. The van der Waals surface area contributed by atoms with Crippen molar-refractivity contribution in [1.82, 2.24) is 14.5 Å². The van der Waals surface area contributed by atoms with Gasteiger partial charge in [0.05, 0.1) is 6.54 Å². The van der Waals surface area contributed by atoms with Crippen LogP contribution < -0.4 is 22.3 Å². The average Bonchev–Trinajstić information content (AvgIpc) is 2.57. The second kappa shape index (κ2) is 7.02. The van der Waals surface area contributed by atoms with E-state index in [1.54, 1.807) is 12.1 Å². The fraction of sp³-hybridized carbons (Fsp3) is 0.312. The Kier molecular flexibility index (Phi) is 5.26. The lowest BCUT2D eigenvalue weighted by molar-refractivity contribution is 0.0986. The van der Waals surface area contributed by atoms with Crippen LogP contribution in [0.15, 0.2) is 33.9 Å². The summed E-state index contributed by atoms with van der Waals surface area (Å²) in [4.78, 5) is 36.3. The Hall–Kier alpha value is -2.38. The molecule has 0 aliphatic heterocycles. The first-order valence-corrected chi connectivity index (χ1v) is 7.69. The van der Waals surface area contributed by atoms with Crippen LogP contribution >= 0.6 is 11.6 Å². The number of nitrogens with one attached hydrogen (secondary N) is 1. The molecule has 0 saturated carbocycles. The molecule has 128 valence electrons. The third kappa shape index (κ3) is 3.42. The van der Waals surface area contributed by atoms with Gasteiger partial charge in [-0.1, -0.05) is 23.7 Å². The number of nitrogen functional groups attached to an aromatic ring is 1. The Bertz CT molecular complexity index is 884. The maximum absolute atomic E-state index is 12.4. The van der Waals surface area contributed by atoms with Crippen LogP contribution in [0.5, 0.6) is 0 Å². The Morgan fingerprint density at radius 2 is 1.79 bits per heavy atom. The van der Waals surface area contributed by atoms with E-state index in [2.05, 4.69) is 5.32 Å². The monoisotopic (exact) mass is 350 g/mol. The van der Waals surface area contributed by atoms with Crippen LogP contribution in [0.1, 0.15) is 28.9 Å². The van der Waals surface area contributed by atoms with Crippen LogP contribution in [0.4, 0.5) is 5.82 Å². The molecule has 8 heteroatoms. The van der Waals surface area contributed by atoms with Crippen molar-refractivity contribution in [3.63, 3.8) is 0 Å². The minimum absolute atomic E-state index is 0.0819. The molecular formula is C16H19ClN4O3. The number of nitrogens with zero attached hydrogens (tertiary/aromatic N) is 2. The molecule has 0 saturated heterocycles. The molecule has 1 unspecified atom stereocenters. The summed E-state index contributed by atoms with van der Waals surface area (Å²) in [7, 11) is 2.72. The van der Waals surface area contributed by atoms with Crippen LogP contribution in [0, 0.1) is 0 Å². The Labute approximate surface area is 143 Å². The molecule has 3 N–H and O–H groups in total. The number of halogens is 1. The second-order valence-electron chi connectivity index (χ2n) is 5.54. The molecular weight excluding hydrogens is 332 g/mol. The van der Waals surface area contributed by atoms with Crippen molar-refractivity contribution >= 4 is 23.2 Å². The zero-order valence-corrected chi connectivity index (χ0v) is 14.4. The summed E-state index contributed by atoms with van der Waals surface area (Å²) in [5, 5.41) is 3.67. The van der Waals surface area contributed by atoms with Crippen LogP contribution in [0.2, 0.25) is 5.02 Å². The molecule has 0 bridgehead atoms. The van der Waals surface area contributed by atoms with Gasteiger partial charge in [-0.25, -0.2) is 4.79 Å². The maximum atomic E-state index is 12.4. The summed E-state index contributed by atoms with van der Waals surface area (Å²) in [5.41, 5.74) is 5.28. The number of rotatable bonds is 5. The summed E-state index contributed by atoms with van der Waals surface area (Å²) in [6.07, 6.45) is 0. The van der Waals surface area contributed by atoms with Crippen LogP contribution in [0.3, 0.4) is 0 Å². The highest BCUT2D eigenvalue weighted by molar-refractivity contribution is 6.30. The summed E-state index contributed by atoms with van der Waals surface area (Å²) in [6, 6.07) is 7.10. The number of nitrogens with two attached hydrogens (primary N) is 1. The number of carbonyl (C=O) groups is 1. The van der Waals surface area contributed by atoms with Crippen molar-refractivity contribution in [3.05, 3.63) is 61.3 Å². The third-order valence-corrected chi connectivity index (χ3v) is 4.18. The van der Waals surface area contributed by atoms with E-state index in [0.717, 1.165) is 14.7 Å². The molecule has 0 spiro atoms. The lowest BCUT2D eigenvalue weighted by atomic mass is 10.1. The lowest BCUT2D eigenvalue weighted by Crippen LogP contribution is -2.43. The highest BCUT2D eigenvalue weighted by Gasteiger charge is 2.20. The average molecular weight is 351 g/mol. The maximum Gasteiger partial charge on any atom is 0.332 e. The van der Waals surface area contributed by atoms with Crippen molar-refractivity contribution in [1.29, 1.82) is 0 Å². The number of hydrogen-bond donors (Lipinski definition) is 2. The second-order valence-corrected chi connectivity index (χ2v) is 5.98. The number of carbonyl (C=O) groups excluding carboxylic acids is 1. The minimum atomic E-state index is -0.693. The zero-order valence-electron chi connectivity index (χ0n) is 13.7. The molecule has 1 heterocycles. The van der Waals surface area contributed by atoms with Crippen molar-refractivity contribution in [2.75, 3.05) is 12.3 Å². The van der Waals surface area contributed by atoms with E-state index in [0.29, 0.717) is 5.02 Å². The number of Topliss-reactive ketones (excluding diaryl/α,β-unsaturated/α-hetero) is 1. The molecule has 0 fully saturated rings. The SMILES string of the molecule is CC(NCC(=O)c1c(N)n(C)c(=O)n(C)c1=O)c1ccc(Cl)cc1. The van der Waals surface area contributed by atoms with Crippen LogP contribution in [-0.2, 0) is 14.1 Å². The van der Waals surface area contributed by atoms with Gasteiger partial charge in [-0.15, -0.1) is 0 Å². The van der Waals surface area contributed by atoms with Gasteiger partial charge >= 0.3 is 5.69 Å². The van der Waals surface area contributed by atoms with Crippen molar-refractivity contribution in [2.24, 2.45) is 14.1 Å². The highest BCUT2D eigenvalue weighted by atomic mass is 35.5. The first kappa shape index (κ1) is 18.0. The van der Waals surface area contributed by atoms with Gasteiger partial charge in [0.2, 0.25) is 0 Å². The largest absolute Gasteiger partial charge is 0.384 e. The summed E-state index contributed by atoms with van der Waals surface area (Å²) >= 11 is 5.85. The molecule has 0 aliphatic carbocycles. The molecule has 0 radical (unpaired) electrons. The standard InChI is InChI=1S/C16H19ClN4O3/c1-9(10-4-6-11(17)7-5-10)19-8-12(22)13-14(18)20(2)16(24)21(3)15(13)23/h4-7,9,19H,8,18H2,1-3H3. The number of aromatic nitrogens is 2. The van der Waals surface area contributed by atoms with Gasteiger partial charge in [0, 0.05) is 25.2 Å².